The SMILES string of the molecule is O=C([O-])CC1=C(Nc2ccccc2)C(=O)N(c2ccccc2)[C@H]1c1ccc(Cl)cc1. The molecule has 0 saturated carbocycles. The number of rotatable bonds is 6. The van der Waals surface area contributed by atoms with E-state index >= 15 is 0 Å². The molecule has 0 bridgehead atoms. The molecule has 1 atom stereocenters. The summed E-state index contributed by atoms with van der Waals surface area (Å²) in [5, 5.41) is 15.3. The van der Waals surface area contributed by atoms with Gasteiger partial charge in [0, 0.05) is 28.8 Å². The Hall–Kier alpha value is -3.57. The van der Waals surface area contributed by atoms with Crippen molar-refractivity contribution in [3.8, 4) is 0 Å². The van der Waals surface area contributed by atoms with Gasteiger partial charge in [-0.15, -0.1) is 0 Å². The number of carbonyl (C=O) groups is 2. The number of para-hydroxylation sites is 2. The van der Waals surface area contributed by atoms with Gasteiger partial charge >= 0.3 is 0 Å². The smallest absolute Gasteiger partial charge is 0.275 e. The zero-order valence-electron chi connectivity index (χ0n) is 15.9. The zero-order chi connectivity index (χ0) is 21.1. The molecule has 1 aliphatic heterocycles. The summed E-state index contributed by atoms with van der Waals surface area (Å²) >= 11 is 6.05. The Morgan fingerprint density at radius 1 is 0.933 bits per heavy atom. The molecule has 0 unspecified atom stereocenters. The highest BCUT2D eigenvalue weighted by Crippen LogP contribution is 2.42. The van der Waals surface area contributed by atoms with E-state index in [1.54, 1.807) is 29.2 Å². The second-order valence-corrected chi connectivity index (χ2v) is 7.34. The van der Waals surface area contributed by atoms with E-state index in [0.717, 1.165) is 5.56 Å². The predicted octanol–water partition coefficient (Wildman–Crippen LogP) is 3.93. The molecule has 3 aromatic rings. The average molecular weight is 418 g/mol. The van der Waals surface area contributed by atoms with Gasteiger partial charge < -0.3 is 15.2 Å². The van der Waals surface area contributed by atoms with Crippen molar-refractivity contribution in [1.29, 1.82) is 0 Å². The topological polar surface area (TPSA) is 72.5 Å². The lowest BCUT2D eigenvalue weighted by Gasteiger charge is -2.28. The number of aliphatic carboxylic acids is 1. The number of carboxylic acids is 1. The molecule has 1 heterocycles. The molecule has 0 aliphatic carbocycles. The maximum Gasteiger partial charge on any atom is 0.275 e. The largest absolute Gasteiger partial charge is 0.550 e. The van der Waals surface area contributed by atoms with E-state index < -0.39 is 12.0 Å². The number of nitrogens with zero attached hydrogens (tertiary/aromatic N) is 1. The molecule has 150 valence electrons. The van der Waals surface area contributed by atoms with E-state index in [2.05, 4.69) is 5.32 Å². The number of carbonyl (C=O) groups excluding carboxylic acids is 2. The van der Waals surface area contributed by atoms with Crippen molar-refractivity contribution in [1.82, 2.24) is 0 Å². The van der Waals surface area contributed by atoms with Gasteiger partial charge in [-0.1, -0.05) is 60.1 Å². The molecular formula is C24H18ClN2O3-. The molecule has 0 radical (unpaired) electrons. The number of amides is 1. The summed E-state index contributed by atoms with van der Waals surface area (Å²) in [7, 11) is 0. The van der Waals surface area contributed by atoms with Crippen LogP contribution in [-0.4, -0.2) is 11.9 Å². The van der Waals surface area contributed by atoms with Crippen LogP contribution >= 0.6 is 11.6 Å². The molecular weight excluding hydrogens is 400 g/mol. The van der Waals surface area contributed by atoms with E-state index in [1.165, 1.54) is 0 Å². The first-order valence-corrected chi connectivity index (χ1v) is 9.81. The summed E-state index contributed by atoms with van der Waals surface area (Å²) in [5.41, 5.74) is 2.81. The fourth-order valence-corrected chi connectivity index (χ4v) is 3.78. The van der Waals surface area contributed by atoms with Crippen LogP contribution in [0, 0.1) is 0 Å². The highest BCUT2D eigenvalue weighted by molar-refractivity contribution is 6.30. The molecule has 1 aliphatic rings. The Morgan fingerprint density at radius 3 is 2.13 bits per heavy atom. The van der Waals surface area contributed by atoms with E-state index in [9.17, 15) is 14.7 Å². The Balaban J connectivity index is 1.87. The number of nitrogens with one attached hydrogen (secondary N) is 1. The minimum atomic E-state index is -1.25. The number of carboxylic acid groups (broad SMARTS) is 1. The molecule has 0 spiro atoms. The quantitative estimate of drug-likeness (QED) is 0.659. The van der Waals surface area contributed by atoms with Crippen molar-refractivity contribution in [2.45, 2.75) is 12.5 Å². The van der Waals surface area contributed by atoms with Gasteiger partial charge in [0.1, 0.15) is 5.70 Å². The van der Waals surface area contributed by atoms with Gasteiger partial charge in [-0.2, -0.15) is 0 Å². The van der Waals surface area contributed by atoms with Crippen molar-refractivity contribution in [3.63, 3.8) is 0 Å². The van der Waals surface area contributed by atoms with Crippen LogP contribution in [0.2, 0.25) is 5.02 Å². The van der Waals surface area contributed by atoms with Crippen LogP contribution in [0.3, 0.4) is 0 Å². The highest BCUT2D eigenvalue weighted by atomic mass is 35.5. The van der Waals surface area contributed by atoms with Crippen LogP contribution in [-0.2, 0) is 9.59 Å². The van der Waals surface area contributed by atoms with Crippen LogP contribution in [0.15, 0.2) is 96.2 Å². The van der Waals surface area contributed by atoms with E-state index in [4.69, 9.17) is 11.6 Å². The molecule has 1 amide bonds. The molecule has 3 aromatic carbocycles. The third kappa shape index (κ3) is 3.93. The minimum absolute atomic E-state index is 0.245. The van der Waals surface area contributed by atoms with E-state index in [0.29, 0.717) is 22.0 Å². The molecule has 6 heteroatoms. The van der Waals surface area contributed by atoms with Crippen molar-refractivity contribution in [3.05, 3.63) is 107 Å². The lowest BCUT2D eigenvalue weighted by atomic mass is 9.96. The fourth-order valence-electron chi connectivity index (χ4n) is 3.66. The van der Waals surface area contributed by atoms with Gasteiger partial charge in [0.15, 0.2) is 0 Å². The molecule has 0 fully saturated rings. The summed E-state index contributed by atoms with van der Waals surface area (Å²) < 4.78 is 0. The Bertz CT molecular complexity index is 1100. The van der Waals surface area contributed by atoms with Gasteiger partial charge in [0.2, 0.25) is 0 Å². The second kappa shape index (κ2) is 8.43. The van der Waals surface area contributed by atoms with Crippen molar-refractivity contribution in [2.24, 2.45) is 0 Å². The monoisotopic (exact) mass is 417 g/mol. The van der Waals surface area contributed by atoms with Gasteiger partial charge in [0.05, 0.1) is 6.04 Å². The first-order chi connectivity index (χ1) is 14.5. The van der Waals surface area contributed by atoms with Gasteiger partial charge in [-0.05, 0) is 47.5 Å². The minimum Gasteiger partial charge on any atom is -0.550 e. The normalized spacial score (nSPS) is 16.1. The molecule has 0 aromatic heterocycles. The number of hydrogen-bond acceptors (Lipinski definition) is 4. The third-order valence-electron chi connectivity index (χ3n) is 4.94. The maximum atomic E-state index is 13.5. The molecule has 5 nitrogen and oxygen atoms in total. The molecule has 4 rings (SSSR count). The lowest BCUT2D eigenvalue weighted by molar-refractivity contribution is -0.304. The van der Waals surface area contributed by atoms with E-state index in [1.807, 2.05) is 60.7 Å². The standard InChI is InChI=1S/C24H19ClN2O3/c25-17-13-11-16(12-14-17)23-20(15-21(28)29)22(26-18-7-3-1-4-8-18)24(30)27(23)19-9-5-2-6-10-19/h1-14,23,26H,15H2,(H,28,29)/p-1/t23-/m0/s1. The average Bonchev–Trinajstić information content (AvgIpc) is 3.01. The van der Waals surface area contributed by atoms with Crippen molar-refractivity contribution >= 4 is 34.9 Å². The highest BCUT2D eigenvalue weighted by Gasteiger charge is 2.41. The van der Waals surface area contributed by atoms with Crippen molar-refractivity contribution in [2.75, 3.05) is 10.2 Å². The second-order valence-electron chi connectivity index (χ2n) is 6.90. The Morgan fingerprint density at radius 2 is 1.53 bits per heavy atom. The van der Waals surface area contributed by atoms with Crippen LogP contribution in [0.4, 0.5) is 11.4 Å². The zero-order valence-corrected chi connectivity index (χ0v) is 16.7. The first kappa shape index (κ1) is 19.7. The summed E-state index contributed by atoms with van der Waals surface area (Å²) in [6.07, 6.45) is -0.377. The van der Waals surface area contributed by atoms with Crippen LogP contribution in [0.25, 0.3) is 0 Å². The van der Waals surface area contributed by atoms with E-state index in [-0.39, 0.29) is 18.0 Å². The summed E-state index contributed by atoms with van der Waals surface area (Å²) in [5.74, 6) is -1.56. The van der Waals surface area contributed by atoms with Gasteiger partial charge in [-0.3, -0.25) is 9.69 Å². The third-order valence-corrected chi connectivity index (χ3v) is 5.19. The summed E-state index contributed by atoms with van der Waals surface area (Å²) in [4.78, 5) is 26.7. The number of hydrogen-bond donors (Lipinski definition) is 1. The fraction of sp³-hybridized carbons (Fsp3) is 0.0833. The molecule has 1 N–H and O–H groups in total. The maximum absolute atomic E-state index is 13.5. The number of anilines is 2. The number of benzene rings is 3. The van der Waals surface area contributed by atoms with Crippen LogP contribution in [0.5, 0.6) is 0 Å². The number of halogens is 1. The lowest BCUT2D eigenvalue weighted by Crippen LogP contribution is -2.31. The van der Waals surface area contributed by atoms with Crippen molar-refractivity contribution < 1.29 is 14.7 Å². The van der Waals surface area contributed by atoms with Crippen LogP contribution < -0.4 is 15.3 Å². The Labute approximate surface area is 179 Å². The van der Waals surface area contributed by atoms with Gasteiger partial charge in [0.25, 0.3) is 5.91 Å². The summed E-state index contributed by atoms with van der Waals surface area (Å²) in [6, 6.07) is 24.8. The molecule has 30 heavy (non-hydrogen) atoms. The van der Waals surface area contributed by atoms with Crippen LogP contribution in [0.1, 0.15) is 18.0 Å². The predicted molar refractivity (Wildman–Crippen MR) is 115 cm³/mol. The first-order valence-electron chi connectivity index (χ1n) is 9.43. The summed E-state index contributed by atoms with van der Waals surface area (Å²) in [6.45, 7) is 0. The van der Waals surface area contributed by atoms with Gasteiger partial charge in [-0.25, -0.2) is 0 Å². The molecule has 0 saturated heterocycles. The Kier molecular flexibility index (Phi) is 5.55.